The van der Waals surface area contributed by atoms with E-state index in [-0.39, 0.29) is 0 Å². The molecule has 0 unspecified atom stereocenters. The van der Waals surface area contributed by atoms with Gasteiger partial charge in [0.05, 0.1) is 6.54 Å². The summed E-state index contributed by atoms with van der Waals surface area (Å²) < 4.78 is 0. The van der Waals surface area contributed by atoms with Crippen molar-refractivity contribution in [2.45, 2.75) is 6.54 Å². The van der Waals surface area contributed by atoms with E-state index < -0.39 is 11.7 Å². The van der Waals surface area contributed by atoms with Crippen LogP contribution in [0.25, 0.3) is 6.08 Å². The van der Waals surface area contributed by atoms with Gasteiger partial charge in [-0.2, -0.15) is 0 Å². The Morgan fingerprint density at radius 3 is 2.36 bits per heavy atom. The minimum absolute atomic E-state index is 0.342. The van der Waals surface area contributed by atoms with E-state index in [9.17, 15) is 9.59 Å². The Balaban J connectivity index is 1.79. The van der Waals surface area contributed by atoms with Crippen LogP contribution in [0.4, 0.5) is 0 Å². The SMILES string of the molecule is O=C1C(=O)N(Cc2ccccc2)C/C1=C\c1ccc(Cl)cc1. The molecule has 0 saturated carbocycles. The number of amides is 1. The average molecular weight is 312 g/mol. The van der Waals surface area contributed by atoms with Crippen molar-refractivity contribution >= 4 is 29.4 Å². The molecule has 1 aliphatic rings. The first-order valence-electron chi connectivity index (χ1n) is 6.97. The van der Waals surface area contributed by atoms with E-state index >= 15 is 0 Å². The van der Waals surface area contributed by atoms with Gasteiger partial charge in [0.15, 0.2) is 0 Å². The fourth-order valence-electron chi connectivity index (χ4n) is 2.43. The lowest BCUT2D eigenvalue weighted by atomic mass is 10.1. The Labute approximate surface area is 133 Å². The van der Waals surface area contributed by atoms with Gasteiger partial charge < -0.3 is 4.90 Å². The predicted molar refractivity (Wildman–Crippen MR) is 86.3 cm³/mol. The molecule has 1 amide bonds. The molecule has 4 heteroatoms. The molecule has 3 rings (SSSR count). The van der Waals surface area contributed by atoms with Gasteiger partial charge in [0.2, 0.25) is 5.78 Å². The highest BCUT2D eigenvalue weighted by atomic mass is 35.5. The summed E-state index contributed by atoms with van der Waals surface area (Å²) in [4.78, 5) is 25.7. The topological polar surface area (TPSA) is 37.4 Å². The Bertz CT molecular complexity index is 735. The summed E-state index contributed by atoms with van der Waals surface area (Å²) in [6.07, 6.45) is 1.75. The summed E-state index contributed by atoms with van der Waals surface area (Å²) in [7, 11) is 0. The maximum absolute atomic E-state index is 12.1. The number of Topliss-reactive ketones (excluding diaryl/α,β-unsaturated/α-hetero) is 1. The second kappa shape index (κ2) is 6.16. The highest BCUT2D eigenvalue weighted by Gasteiger charge is 2.33. The van der Waals surface area contributed by atoms with Crippen LogP contribution in [-0.2, 0) is 16.1 Å². The molecule has 22 heavy (non-hydrogen) atoms. The first-order valence-corrected chi connectivity index (χ1v) is 7.35. The Hall–Kier alpha value is -2.39. The van der Waals surface area contributed by atoms with E-state index in [1.807, 2.05) is 42.5 Å². The normalized spacial score (nSPS) is 16.6. The number of carbonyl (C=O) groups excluding carboxylic acids is 2. The molecule has 0 radical (unpaired) electrons. The molecule has 1 heterocycles. The molecule has 0 bridgehead atoms. The molecule has 3 nitrogen and oxygen atoms in total. The summed E-state index contributed by atoms with van der Waals surface area (Å²) in [5.74, 6) is -0.866. The van der Waals surface area contributed by atoms with Crippen LogP contribution in [0.3, 0.4) is 0 Å². The lowest BCUT2D eigenvalue weighted by molar-refractivity contribution is -0.139. The number of rotatable bonds is 3. The van der Waals surface area contributed by atoms with Gasteiger partial charge in [-0.1, -0.05) is 54.1 Å². The molecule has 2 aromatic carbocycles. The average Bonchev–Trinajstić information content (AvgIpc) is 2.79. The Morgan fingerprint density at radius 1 is 1.00 bits per heavy atom. The molecule has 1 saturated heterocycles. The number of hydrogen-bond acceptors (Lipinski definition) is 2. The second-order valence-corrected chi connectivity index (χ2v) is 5.63. The fraction of sp³-hybridized carbons (Fsp3) is 0.111. The smallest absolute Gasteiger partial charge is 0.295 e. The number of halogens is 1. The summed E-state index contributed by atoms with van der Waals surface area (Å²) in [6, 6.07) is 16.8. The molecule has 2 aromatic rings. The van der Waals surface area contributed by atoms with Gasteiger partial charge in [0, 0.05) is 17.1 Å². The summed E-state index contributed by atoms with van der Waals surface area (Å²) in [6.45, 7) is 0.790. The van der Waals surface area contributed by atoms with Gasteiger partial charge in [-0.05, 0) is 29.3 Å². The fourth-order valence-corrected chi connectivity index (χ4v) is 2.56. The highest BCUT2D eigenvalue weighted by molar-refractivity contribution is 6.45. The van der Waals surface area contributed by atoms with E-state index in [4.69, 9.17) is 11.6 Å². The lowest BCUT2D eigenvalue weighted by Crippen LogP contribution is -2.26. The van der Waals surface area contributed by atoms with Crippen molar-refractivity contribution in [3.8, 4) is 0 Å². The van der Waals surface area contributed by atoms with E-state index in [1.54, 1.807) is 23.1 Å². The minimum atomic E-state index is -0.441. The van der Waals surface area contributed by atoms with E-state index in [0.29, 0.717) is 23.7 Å². The zero-order valence-electron chi connectivity index (χ0n) is 11.8. The summed E-state index contributed by atoms with van der Waals surface area (Å²) >= 11 is 5.84. The molecule has 1 aliphatic heterocycles. The van der Waals surface area contributed by atoms with Crippen LogP contribution < -0.4 is 0 Å². The van der Waals surface area contributed by atoms with Crippen LogP contribution in [0.15, 0.2) is 60.2 Å². The quantitative estimate of drug-likeness (QED) is 0.644. The molecule has 1 fully saturated rings. The standard InChI is InChI=1S/C18H14ClNO2/c19-16-8-6-13(7-9-16)10-15-12-20(18(22)17(15)21)11-14-4-2-1-3-5-14/h1-10H,11-12H2/b15-10+. The van der Waals surface area contributed by atoms with Crippen molar-refractivity contribution in [2.75, 3.05) is 6.54 Å². The lowest BCUT2D eigenvalue weighted by Gasteiger charge is -2.13. The summed E-state index contributed by atoms with van der Waals surface area (Å²) in [5, 5.41) is 0.640. The van der Waals surface area contributed by atoms with Gasteiger partial charge in [-0.3, -0.25) is 9.59 Å². The number of benzene rings is 2. The second-order valence-electron chi connectivity index (χ2n) is 5.20. The van der Waals surface area contributed by atoms with E-state index in [1.165, 1.54) is 0 Å². The van der Waals surface area contributed by atoms with Crippen molar-refractivity contribution in [1.82, 2.24) is 4.90 Å². The maximum Gasteiger partial charge on any atom is 0.295 e. The number of ketones is 1. The van der Waals surface area contributed by atoms with Gasteiger partial charge in [0.25, 0.3) is 5.91 Å². The molecular formula is C18H14ClNO2. The Morgan fingerprint density at radius 2 is 1.68 bits per heavy atom. The first kappa shape index (κ1) is 14.5. The number of carbonyl (C=O) groups is 2. The highest BCUT2D eigenvalue weighted by Crippen LogP contribution is 2.20. The largest absolute Gasteiger partial charge is 0.327 e. The van der Waals surface area contributed by atoms with Crippen molar-refractivity contribution in [2.24, 2.45) is 0 Å². The molecular weight excluding hydrogens is 298 g/mol. The zero-order chi connectivity index (χ0) is 15.5. The van der Waals surface area contributed by atoms with E-state index in [2.05, 4.69) is 0 Å². The van der Waals surface area contributed by atoms with Gasteiger partial charge in [0.1, 0.15) is 0 Å². The number of nitrogens with zero attached hydrogens (tertiary/aromatic N) is 1. The third-order valence-corrected chi connectivity index (χ3v) is 3.81. The van der Waals surface area contributed by atoms with Gasteiger partial charge in [-0.15, -0.1) is 0 Å². The molecule has 0 spiro atoms. The van der Waals surface area contributed by atoms with Crippen LogP contribution in [0.1, 0.15) is 11.1 Å². The molecule has 0 aliphatic carbocycles. The van der Waals surface area contributed by atoms with Gasteiger partial charge >= 0.3 is 0 Å². The third-order valence-electron chi connectivity index (χ3n) is 3.56. The summed E-state index contributed by atoms with van der Waals surface area (Å²) in [5.41, 5.74) is 2.39. The Kier molecular flexibility index (Phi) is 4.07. The van der Waals surface area contributed by atoms with Crippen molar-refractivity contribution in [3.05, 3.63) is 76.3 Å². The van der Waals surface area contributed by atoms with Crippen molar-refractivity contribution in [3.63, 3.8) is 0 Å². The van der Waals surface area contributed by atoms with Crippen LogP contribution >= 0.6 is 11.6 Å². The molecule has 0 N–H and O–H groups in total. The maximum atomic E-state index is 12.1. The van der Waals surface area contributed by atoms with E-state index in [0.717, 1.165) is 11.1 Å². The molecule has 110 valence electrons. The van der Waals surface area contributed by atoms with Crippen LogP contribution in [0.5, 0.6) is 0 Å². The number of likely N-dealkylation sites (tertiary alicyclic amines) is 1. The number of hydrogen-bond donors (Lipinski definition) is 0. The van der Waals surface area contributed by atoms with Crippen LogP contribution in [-0.4, -0.2) is 23.1 Å². The van der Waals surface area contributed by atoms with Crippen LogP contribution in [0.2, 0.25) is 5.02 Å². The monoisotopic (exact) mass is 311 g/mol. The molecule has 0 aromatic heterocycles. The predicted octanol–water partition coefficient (Wildman–Crippen LogP) is 3.33. The zero-order valence-corrected chi connectivity index (χ0v) is 12.6. The van der Waals surface area contributed by atoms with Crippen molar-refractivity contribution < 1.29 is 9.59 Å². The van der Waals surface area contributed by atoms with Crippen LogP contribution in [0, 0.1) is 0 Å². The molecule has 0 atom stereocenters. The first-order chi connectivity index (χ1) is 10.6. The third kappa shape index (κ3) is 3.10. The minimum Gasteiger partial charge on any atom is -0.327 e. The van der Waals surface area contributed by atoms with Gasteiger partial charge in [-0.25, -0.2) is 0 Å². The van der Waals surface area contributed by atoms with Crippen molar-refractivity contribution in [1.29, 1.82) is 0 Å².